The van der Waals surface area contributed by atoms with E-state index >= 15 is 0 Å². The molecule has 5 nitrogen and oxygen atoms in total. The van der Waals surface area contributed by atoms with Crippen molar-refractivity contribution in [1.29, 1.82) is 0 Å². The van der Waals surface area contributed by atoms with Crippen LogP contribution >= 0.6 is 0 Å². The first-order valence-corrected chi connectivity index (χ1v) is 8.69. The molecule has 0 saturated carbocycles. The second-order valence-corrected chi connectivity index (χ2v) is 6.59. The van der Waals surface area contributed by atoms with E-state index in [0.717, 1.165) is 43.9 Å². The van der Waals surface area contributed by atoms with Gasteiger partial charge in [-0.05, 0) is 44.3 Å². The molecule has 2 rings (SSSR count). The van der Waals surface area contributed by atoms with Crippen LogP contribution in [-0.4, -0.2) is 34.2 Å². The van der Waals surface area contributed by atoms with Crippen molar-refractivity contribution >= 4 is 12.0 Å². The van der Waals surface area contributed by atoms with Crippen molar-refractivity contribution in [2.45, 2.75) is 46.1 Å². The topological polar surface area (TPSA) is 67.4 Å². The average Bonchev–Trinajstić information content (AvgIpc) is 2.58. The molecule has 0 aliphatic carbocycles. The average molecular weight is 327 g/mol. The van der Waals surface area contributed by atoms with Crippen LogP contribution in [0.2, 0.25) is 0 Å². The van der Waals surface area contributed by atoms with Crippen molar-refractivity contribution in [3.63, 3.8) is 0 Å². The zero-order valence-electron chi connectivity index (χ0n) is 15.1. The summed E-state index contributed by atoms with van der Waals surface area (Å²) in [7, 11) is 0. The van der Waals surface area contributed by atoms with Crippen molar-refractivity contribution in [1.82, 2.24) is 14.9 Å². The third kappa shape index (κ3) is 4.74. The van der Waals surface area contributed by atoms with Gasteiger partial charge in [-0.1, -0.05) is 26.5 Å². The van der Waals surface area contributed by atoms with Gasteiger partial charge in [0.2, 0.25) is 0 Å². The molecule has 1 aromatic rings. The van der Waals surface area contributed by atoms with Gasteiger partial charge in [0.25, 0.3) is 0 Å². The Morgan fingerprint density at radius 2 is 2.17 bits per heavy atom. The summed E-state index contributed by atoms with van der Waals surface area (Å²) in [4.78, 5) is 15.5. The summed E-state index contributed by atoms with van der Waals surface area (Å²) in [6, 6.07) is 0. The number of aliphatic imine (C=N–C) groups is 1. The first-order chi connectivity index (χ1) is 11.5. The molecule has 0 aromatic carbocycles. The van der Waals surface area contributed by atoms with Gasteiger partial charge in [-0.25, -0.2) is 9.97 Å². The summed E-state index contributed by atoms with van der Waals surface area (Å²) in [5, 5.41) is 0. The van der Waals surface area contributed by atoms with Crippen LogP contribution in [0.25, 0.3) is 0 Å². The van der Waals surface area contributed by atoms with Crippen molar-refractivity contribution < 1.29 is 0 Å². The first-order valence-electron chi connectivity index (χ1n) is 8.69. The van der Waals surface area contributed by atoms with Gasteiger partial charge < -0.3 is 5.73 Å². The summed E-state index contributed by atoms with van der Waals surface area (Å²) < 4.78 is 0. The molecule has 1 aliphatic rings. The van der Waals surface area contributed by atoms with E-state index in [9.17, 15) is 0 Å². The monoisotopic (exact) mass is 327 g/mol. The number of rotatable bonds is 6. The van der Waals surface area contributed by atoms with Crippen LogP contribution in [0.1, 0.15) is 50.9 Å². The van der Waals surface area contributed by atoms with Gasteiger partial charge in [-0.2, -0.15) is 0 Å². The van der Waals surface area contributed by atoms with E-state index in [0.29, 0.717) is 17.7 Å². The molecular formula is C19H29N5. The van der Waals surface area contributed by atoms with Crippen molar-refractivity contribution in [3.8, 4) is 0 Å². The summed E-state index contributed by atoms with van der Waals surface area (Å²) >= 11 is 0. The van der Waals surface area contributed by atoms with E-state index in [1.807, 2.05) is 12.4 Å². The van der Waals surface area contributed by atoms with Gasteiger partial charge in [0, 0.05) is 36.6 Å². The molecule has 0 unspecified atom stereocenters. The van der Waals surface area contributed by atoms with Crippen LogP contribution < -0.4 is 5.73 Å². The van der Waals surface area contributed by atoms with Gasteiger partial charge in [0.1, 0.15) is 11.6 Å². The Balaban J connectivity index is 1.93. The Hall–Kier alpha value is -2.01. The highest BCUT2D eigenvalue weighted by Crippen LogP contribution is 2.25. The lowest BCUT2D eigenvalue weighted by atomic mass is 9.89. The zero-order chi connectivity index (χ0) is 17.5. The van der Waals surface area contributed by atoms with Gasteiger partial charge in [0.05, 0.1) is 0 Å². The van der Waals surface area contributed by atoms with E-state index in [1.54, 1.807) is 6.20 Å². The van der Waals surface area contributed by atoms with E-state index in [2.05, 4.69) is 53.3 Å². The lowest BCUT2D eigenvalue weighted by molar-refractivity contribution is 0.193. The van der Waals surface area contributed by atoms with Gasteiger partial charge in [-0.3, -0.25) is 9.89 Å². The number of hydrogen-bond acceptors (Lipinski definition) is 5. The van der Waals surface area contributed by atoms with Crippen LogP contribution in [0.3, 0.4) is 0 Å². The zero-order valence-corrected chi connectivity index (χ0v) is 15.1. The molecule has 1 saturated heterocycles. The largest absolute Gasteiger partial charge is 0.383 e. The number of anilines is 1. The molecule has 0 radical (unpaired) electrons. The highest BCUT2D eigenvalue weighted by molar-refractivity contribution is 5.79. The molecule has 24 heavy (non-hydrogen) atoms. The Bertz CT molecular complexity index is 610. The standard InChI is InChI=1S/C19H29N5/c1-5-15(11-21-6-2)16-7-9-24(10-8-16)13-17-12-22-19(14(3)4)23-18(17)20/h5-6,11-12,14,16H,2,7-10,13H2,1,3-4H3,(H2,20,22,23)/b15-5+,21-11?. The third-order valence-electron chi connectivity index (χ3n) is 4.55. The maximum Gasteiger partial charge on any atom is 0.133 e. The van der Waals surface area contributed by atoms with Crippen LogP contribution in [0.4, 0.5) is 5.82 Å². The Kier molecular flexibility index (Phi) is 6.67. The lowest BCUT2D eigenvalue weighted by Crippen LogP contribution is -2.34. The molecule has 130 valence electrons. The second-order valence-electron chi connectivity index (χ2n) is 6.59. The van der Waals surface area contributed by atoms with E-state index < -0.39 is 0 Å². The molecule has 0 atom stereocenters. The van der Waals surface area contributed by atoms with Crippen molar-refractivity contribution in [2.24, 2.45) is 10.9 Å². The van der Waals surface area contributed by atoms with E-state index in [4.69, 9.17) is 5.73 Å². The van der Waals surface area contributed by atoms with Crippen LogP contribution in [0, 0.1) is 5.92 Å². The molecule has 2 heterocycles. The van der Waals surface area contributed by atoms with E-state index in [1.165, 1.54) is 5.57 Å². The lowest BCUT2D eigenvalue weighted by Gasteiger charge is -2.32. The third-order valence-corrected chi connectivity index (χ3v) is 4.55. The Morgan fingerprint density at radius 3 is 2.71 bits per heavy atom. The smallest absolute Gasteiger partial charge is 0.133 e. The molecule has 1 aromatic heterocycles. The number of hydrogen-bond donors (Lipinski definition) is 1. The maximum atomic E-state index is 6.11. The number of allylic oxidation sites excluding steroid dienone is 2. The fourth-order valence-electron chi connectivity index (χ4n) is 3.05. The number of nitrogens with zero attached hydrogens (tertiary/aromatic N) is 4. The van der Waals surface area contributed by atoms with Crippen LogP contribution in [-0.2, 0) is 6.54 Å². The predicted molar refractivity (Wildman–Crippen MR) is 101 cm³/mol. The SMILES string of the molecule is C=CN=C/C(=C\C)C1CCN(Cc2cnc(C(C)C)nc2N)CC1. The first kappa shape index (κ1) is 18.3. The molecular weight excluding hydrogens is 298 g/mol. The van der Waals surface area contributed by atoms with Crippen molar-refractivity contribution in [2.75, 3.05) is 18.8 Å². The molecule has 0 spiro atoms. The van der Waals surface area contributed by atoms with Crippen molar-refractivity contribution in [3.05, 3.63) is 42.0 Å². The molecule has 1 aliphatic heterocycles. The van der Waals surface area contributed by atoms with Gasteiger partial charge in [-0.15, -0.1) is 0 Å². The van der Waals surface area contributed by atoms with Crippen LogP contribution in [0.5, 0.6) is 0 Å². The highest BCUT2D eigenvalue weighted by Gasteiger charge is 2.22. The summed E-state index contributed by atoms with van der Waals surface area (Å²) in [5.74, 6) is 2.30. The molecule has 2 N–H and O–H groups in total. The minimum Gasteiger partial charge on any atom is -0.383 e. The summed E-state index contributed by atoms with van der Waals surface area (Å²) in [6.45, 7) is 12.8. The molecule has 0 bridgehead atoms. The second kappa shape index (κ2) is 8.73. The molecule has 1 fully saturated rings. The molecule has 5 heteroatoms. The number of nitrogen functional groups attached to an aromatic ring is 1. The van der Waals surface area contributed by atoms with Gasteiger partial charge in [0.15, 0.2) is 0 Å². The minimum absolute atomic E-state index is 0.300. The predicted octanol–water partition coefficient (Wildman–Crippen LogP) is 3.55. The number of piperidine rings is 1. The van der Waals surface area contributed by atoms with Gasteiger partial charge >= 0.3 is 0 Å². The number of aromatic nitrogens is 2. The number of likely N-dealkylation sites (tertiary alicyclic amines) is 1. The Morgan fingerprint density at radius 1 is 1.46 bits per heavy atom. The quantitative estimate of drug-likeness (QED) is 0.811. The highest BCUT2D eigenvalue weighted by atomic mass is 15.1. The van der Waals surface area contributed by atoms with E-state index in [-0.39, 0.29) is 0 Å². The summed E-state index contributed by atoms with van der Waals surface area (Å²) in [6.07, 6.45) is 9.83. The van der Waals surface area contributed by atoms with Crippen LogP contribution in [0.15, 0.2) is 35.6 Å². The fraction of sp³-hybridized carbons (Fsp3) is 0.526. The Labute approximate surface area is 145 Å². The fourth-order valence-corrected chi connectivity index (χ4v) is 3.05. The molecule has 0 amide bonds. The minimum atomic E-state index is 0.300. The summed E-state index contributed by atoms with van der Waals surface area (Å²) in [5.41, 5.74) is 8.44. The maximum absolute atomic E-state index is 6.11. The normalized spacial score (nSPS) is 17.8. The number of nitrogens with two attached hydrogens (primary N) is 1.